The van der Waals surface area contributed by atoms with Crippen molar-refractivity contribution < 1.29 is 17.9 Å². The van der Waals surface area contributed by atoms with Gasteiger partial charge in [0.15, 0.2) is 0 Å². The maximum Gasteiger partial charge on any atom is 0.255 e. The Morgan fingerprint density at radius 3 is 2.31 bits per heavy atom. The van der Waals surface area contributed by atoms with Crippen molar-refractivity contribution in [2.24, 2.45) is 0 Å². The quantitative estimate of drug-likeness (QED) is 0.870. The molecule has 2 aromatic carbocycles. The van der Waals surface area contributed by atoms with Crippen LogP contribution in [-0.4, -0.2) is 39.8 Å². The summed E-state index contributed by atoms with van der Waals surface area (Å²) >= 11 is 0. The highest BCUT2D eigenvalue weighted by atomic mass is 32.2. The number of carbonyl (C=O) groups excluding carboxylic acids is 1. The topological polar surface area (TPSA) is 75.7 Å². The second kappa shape index (κ2) is 7.47. The van der Waals surface area contributed by atoms with E-state index in [1.165, 1.54) is 27.3 Å². The zero-order chi connectivity index (χ0) is 19.6. The molecule has 0 aliphatic rings. The predicted molar refractivity (Wildman–Crippen MR) is 102 cm³/mol. The number of ether oxygens (including phenoxy) is 1. The number of nitrogens with one attached hydrogen (secondary N) is 1. The van der Waals surface area contributed by atoms with E-state index in [0.29, 0.717) is 17.0 Å². The zero-order valence-corrected chi connectivity index (χ0v) is 16.7. The second-order valence-corrected chi connectivity index (χ2v) is 8.48. The molecule has 2 aromatic rings. The van der Waals surface area contributed by atoms with Gasteiger partial charge in [0.1, 0.15) is 5.75 Å². The Morgan fingerprint density at radius 1 is 1.08 bits per heavy atom. The minimum absolute atomic E-state index is 0.129. The number of nitrogens with zero attached hydrogens (tertiary/aromatic N) is 1. The van der Waals surface area contributed by atoms with E-state index in [1.807, 2.05) is 13.0 Å². The molecule has 0 heterocycles. The van der Waals surface area contributed by atoms with Crippen LogP contribution in [0.4, 0.5) is 5.69 Å². The molecule has 2 rings (SSSR count). The van der Waals surface area contributed by atoms with Crippen LogP contribution in [-0.2, 0) is 10.0 Å². The van der Waals surface area contributed by atoms with Crippen molar-refractivity contribution in [2.45, 2.75) is 25.7 Å². The minimum atomic E-state index is -3.65. The third kappa shape index (κ3) is 3.89. The molecule has 6 nitrogen and oxygen atoms in total. The summed E-state index contributed by atoms with van der Waals surface area (Å²) in [4.78, 5) is 12.9. The molecule has 0 aliphatic carbocycles. The van der Waals surface area contributed by atoms with Crippen molar-refractivity contribution in [3.8, 4) is 5.75 Å². The normalized spacial score (nSPS) is 11.5. The maximum absolute atomic E-state index is 12.7. The van der Waals surface area contributed by atoms with Gasteiger partial charge in [0.05, 0.1) is 17.7 Å². The molecule has 0 unspecified atom stereocenters. The number of hydrogen-bond donors (Lipinski definition) is 1. The van der Waals surface area contributed by atoms with Gasteiger partial charge < -0.3 is 10.1 Å². The van der Waals surface area contributed by atoms with Gasteiger partial charge in [-0.1, -0.05) is 6.07 Å². The predicted octanol–water partition coefficient (Wildman–Crippen LogP) is 3.12. The Labute approximate surface area is 154 Å². The standard InChI is InChI=1S/C19H24N2O4S/c1-12-7-8-17(25-6)16(9-12)20-19(22)15-10-13(2)14(3)18(11-15)26(23,24)21(4)5/h7-11H,1-6H3,(H,20,22). The lowest BCUT2D eigenvalue weighted by Gasteiger charge is -2.17. The van der Waals surface area contributed by atoms with E-state index in [0.717, 1.165) is 15.4 Å². The average molecular weight is 376 g/mol. The van der Waals surface area contributed by atoms with Gasteiger partial charge in [0.25, 0.3) is 5.91 Å². The number of carbonyl (C=O) groups is 1. The van der Waals surface area contributed by atoms with Gasteiger partial charge in [-0.3, -0.25) is 4.79 Å². The number of benzene rings is 2. The van der Waals surface area contributed by atoms with E-state index in [-0.39, 0.29) is 10.5 Å². The highest BCUT2D eigenvalue weighted by molar-refractivity contribution is 7.89. The summed E-state index contributed by atoms with van der Waals surface area (Å²) in [5.41, 5.74) is 3.14. The minimum Gasteiger partial charge on any atom is -0.495 e. The maximum atomic E-state index is 12.7. The van der Waals surface area contributed by atoms with Crippen LogP contribution in [0.1, 0.15) is 27.0 Å². The molecule has 26 heavy (non-hydrogen) atoms. The molecule has 0 aromatic heterocycles. The summed E-state index contributed by atoms with van der Waals surface area (Å²) in [6.07, 6.45) is 0. The third-order valence-corrected chi connectivity index (χ3v) is 6.18. The molecule has 7 heteroatoms. The summed E-state index contributed by atoms with van der Waals surface area (Å²) < 4.78 is 31.5. The van der Waals surface area contributed by atoms with Crippen LogP contribution >= 0.6 is 0 Å². The molecular weight excluding hydrogens is 352 g/mol. The molecule has 0 radical (unpaired) electrons. The van der Waals surface area contributed by atoms with Gasteiger partial charge in [-0.25, -0.2) is 12.7 Å². The van der Waals surface area contributed by atoms with Crippen LogP contribution in [0.25, 0.3) is 0 Å². The molecule has 0 atom stereocenters. The van der Waals surface area contributed by atoms with Crippen LogP contribution in [0.2, 0.25) is 0 Å². The lowest BCUT2D eigenvalue weighted by atomic mass is 10.1. The molecule has 0 saturated carbocycles. The first-order valence-electron chi connectivity index (χ1n) is 8.07. The molecule has 0 saturated heterocycles. The Hall–Kier alpha value is -2.38. The number of anilines is 1. The van der Waals surface area contributed by atoms with Crippen molar-refractivity contribution in [1.82, 2.24) is 4.31 Å². The highest BCUT2D eigenvalue weighted by Crippen LogP contribution is 2.27. The summed E-state index contributed by atoms with van der Waals surface area (Å²) in [5, 5.41) is 2.80. The molecule has 0 bridgehead atoms. The number of amides is 1. The van der Waals surface area contributed by atoms with Crippen LogP contribution in [0.15, 0.2) is 35.2 Å². The summed E-state index contributed by atoms with van der Waals surface area (Å²) in [6, 6.07) is 8.55. The monoisotopic (exact) mass is 376 g/mol. The van der Waals surface area contributed by atoms with Crippen molar-refractivity contribution in [1.29, 1.82) is 0 Å². The molecule has 1 amide bonds. The Bertz CT molecular complexity index is 950. The first-order valence-corrected chi connectivity index (χ1v) is 9.51. The van der Waals surface area contributed by atoms with Crippen molar-refractivity contribution in [2.75, 3.05) is 26.5 Å². The fraction of sp³-hybridized carbons (Fsp3) is 0.316. The van der Waals surface area contributed by atoms with Gasteiger partial charge in [-0.05, 0) is 61.7 Å². The lowest BCUT2D eigenvalue weighted by Crippen LogP contribution is -2.24. The molecule has 1 N–H and O–H groups in total. The van der Waals surface area contributed by atoms with E-state index in [4.69, 9.17) is 4.74 Å². The molecule has 0 spiro atoms. The van der Waals surface area contributed by atoms with Crippen molar-refractivity contribution in [3.05, 3.63) is 52.6 Å². The Kier molecular flexibility index (Phi) is 5.73. The zero-order valence-electron chi connectivity index (χ0n) is 15.9. The molecule has 0 fully saturated rings. The number of rotatable bonds is 5. The summed E-state index contributed by atoms with van der Waals surface area (Å²) in [5.74, 6) is 0.140. The lowest BCUT2D eigenvalue weighted by molar-refractivity contribution is 0.102. The summed E-state index contributed by atoms with van der Waals surface area (Å²) in [7, 11) is 0.810. The van der Waals surface area contributed by atoms with Gasteiger partial charge in [-0.2, -0.15) is 0 Å². The number of aryl methyl sites for hydroxylation is 2. The molecule has 140 valence electrons. The average Bonchev–Trinajstić information content (AvgIpc) is 2.56. The van der Waals surface area contributed by atoms with Crippen molar-refractivity contribution >= 4 is 21.6 Å². The van der Waals surface area contributed by atoms with E-state index >= 15 is 0 Å². The smallest absolute Gasteiger partial charge is 0.255 e. The Morgan fingerprint density at radius 2 is 1.73 bits per heavy atom. The van der Waals surface area contributed by atoms with E-state index in [2.05, 4.69) is 5.32 Å². The van der Waals surface area contributed by atoms with E-state index in [1.54, 1.807) is 32.0 Å². The van der Waals surface area contributed by atoms with E-state index in [9.17, 15) is 13.2 Å². The Balaban J connectivity index is 2.48. The van der Waals surface area contributed by atoms with Crippen LogP contribution in [0, 0.1) is 20.8 Å². The first kappa shape index (κ1) is 19.9. The number of methoxy groups -OCH3 is 1. The SMILES string of the molecule is COc1ccc(C)cc1NC(=O)c1cc(C)c(C)c(S(=O)(=O)N(C)C)c1. The summed E-state index contributed by atoms with van der Waals surface area (Å²) in [6.45, 7) is 5.43. The first-order chi connectivity index (χ1) is 12.1. The van der Waals surface area contributed by atoms with Crippen LogP contribution < -0.4 is 10.1 Å². The molecule has 0 aliphatic heterocycles. The third-order valence-electron chi connectivity index (χ3n) is 4.24. The van der Waals surface area contributed by atoms with Crippen LogP contribution in [0.3, 0.4) is 0 Å². The van der Waals surface area contributed by atoms with Crippen LogP contribution in [0.5, 0.6) is 5.75 Å². The number of sulfonamides is 1. The fourth-order valence-corrected chi connectivity index (χ4v) is 3.75. The highest BCUT2D eigenvalue weighted by Gasteiger charge is 2.23. The van der Waals surface area contributed by atoms with Gasteiger partial charge in [0.2, 0.25) is 10.0 Å². The largest absolute Gasteiger partial charge is 0.495 e. The van der Waals surface area contributed by atoms with Gasteiger partial charge in [-0.15, -0.1) is 0 Å². The fourth-order valence-electron chi connectivity index (χ4n) is 2.54. The van der Waals surface area contributed by atoms with Gasteiger partial charge in [0, 0.05) is 19.7 Å². The molecular formula is C19H24N2O4S. The second-order valence-electron chi connectivity index (χ2n) is 6.36. The van der Waals surface area contributed by atoms with E-state index < -0.39 is 15.9 Å². The number of hydrogen-bond acceptors (Lipinski definition) is 4. The van der Waals surface area contributed by atoms with Crippen molar-refractivity contribution in [3.63, 3.8) is 0 Å². The van der Waals surface area contributed by atoms with Gasteiger partial charge >= 0.3 is 0 Å².